The predicted molar refractivity (Wildman–Crippen MR) is 108 cm³/mol. The lowest BCUT2D eigenvalue weighted by molar-refractivity contribution is -0.119. The lowest BCUT2D eigenvalue weighted by atomic mass is 10.1. The molecule has 0 radical (unpaired) electrons. The molecule has 1 aromatic heterocycles. The van der Waals surface area contributed by atoms with E-state index in [0.29, 0.717) is 17.3 Å². The van der Waals surface area contributed by atoms with E-state index in [0.717, 1.165) is 22.4 Å². The molecular weight excluding hydrogens is 340 g/mol. The zero-order valence-electron chi connectivity index (χ0n) is 15.3. The average Bonchev–Trinajstić information content (AvgIpc) is 2.62. The summed E-state index contributed by atoms with van der Waals surface area (Å²) in [5, 5.41) is 3.19. The van der Waals surface area contributed by atoms with Crippen LogP contribution < -0.4 is 21.9 Å². The second kappa shape index (κ2) is 8.18. The summed E-state index contributed by atoms with van der Waals surface area (Å²) in [5.41, 5.74) is 15.9. The number of carbonyl (C=O) groups excluding carboxylic acids is 1. The van der Waals surface area contributed by atoms with Gasteiger partial charge >= 0.3 is 0 Å². The first kappa shape index (κ1) is 18.2. The van der Waals surface area contributed by atoms with Crippen LogP contribution in [0.15, 0.2) is 54.9 Å². The van der Waals surface area contributed by atoms with Gasteiger partial charge in [0.1, 0.15) is 12.0 Å². The Kier molecular flexibility index (Phi) is 5.51. The number of hydrogen-bond acceptors (Lipinski definition) is 6. The highest BCUT2D eigenvalue weighted by Crippen LogP contribution is 2.26. The van der Waals surface area contributed by atoms with Gasteiger partial charge in [0.2, 0.25) is 5.91 Å². The zero-order chi connectivity index (χ0) is 19.2. The molecule has 3 rings (SSSR count). The fourth-order valence-electron chi connectivity index (χ4n) is 2.73. The topological polar surface area (TPSA) is 105 Å². The van der Waals surface area contributed by atoms with Gasteiger partial charge in [-0.05, 0) is 42.7 Å². The second-order valence-corrected chi connectivity index (χ2v) is 6.32. The normalized spacial score (nSPS) is 10.3. The molecular formula is C20H22N6O. The fourth-order valence-corrected chi connectivity index (χ4v) is 2.73. The minimum absolute atomic E-state index is 0.192. The Balaban J connectivity index is 1.66. The van der Waals surface area contributed by atoms with E-state index in [4.69, 9.17) is 5.73 Å². The number of hydrogen-bond donors (Lipinski definition) is 4. The Morgan fingerprint density at radius 1 is 1.00 bits per heavy atom. The highest BCUT2D eigenvalue weighted by atomic mass is 16.2. The zero-order valence-corrected chi connectivity index (χ0v) is 15.3. The van der Waals surface area contributed by atoms with Gasteiger partial charge in [0.15, 0.2) is 11.6 Å². The summed E-state index contributed by atoms with van der Waals surface area (Å²) in [6.45, 7) is 4.05. The largest absolute Gasteiger partial charge is 0.393 e. The van der Waals surface area contributed by atoms with Crippen LogP contribution in [0.5, 0.6) is 0 Å². The van der Waals surface area contributed by atoms with Crippen LogP contribution in [0, 0.1) is 13.8 Å². The fraction of sp³-hybridized carbons (Fsp3) is 0.150. The van der Waals surface area contributed by atoms with Gasteiger partial charge in [-0.15, -0.1) is 0 Å². The Hall–Kier alpha value is -3.61. The molecule has 0 spiro atoms. The molecule has 0 saturated heterocycles. The van der Waals surface area contributed by atoms with Crippen LogP contribution in [0.4, 0.5) is 23.0 Å². The Morgan fingerprint density at radius 2 is 1.67 bits per heavy atom. The number of amides is 1. The average molecular weight is 362 g/mol. The van der Waals surface area contributed by atoms with Gasteiger partial charge in [-0.1, -0.05) is 36.4 Å². The molecule has 27 heavy (non-hydrogen) atoms. The van der Waals surface area contributed by atoms with Crippen molar-refractivity contribution in [2.24, 2.45) is 0 Å². The summed E-state index contributed by atoms with van der Waals surface area (Å²) in [5.74, 6) is 0.608. The van der Waals surface area contributed by atoms with Crippen LogP contribution in [-0.4, -0.2) is 15.9 Å². The number of aryl methyl sites for hydroxylation is 2. The molecule has 1 heterocycles. The van der Waals surface area contributed by atoms with Crippen LogP contribution in [0.3, 0.4) is 0 Å². The van der Waals surface area contributed by atoms with Crippen LogP contribution in [-0.2, 0) is 11.2 Å². The molecule has 5 N–H and O–H groups in total. The number of hydrazine groups is 1. The van der Waals surface area contributed by atoms with E-state index in [1.807, 2.05) is 56.3 Å². The van der Waals surface area contributed by atoms with Crippen LogP contribution >= 0.6 is 0 Å². The number of nitrogens with two attached hydrogens (primary N) is 1. The van der Waals surface area contributed by atoms with Crippen molar-refractivity contribution >= 4 is 28.9 Å². The lowest BCUT2D eigenvalue weighted by Crippen LogP contribution is -2.31. The van der Waals surface area contributed by atoms with E-state index in [1.54, 1.807) is 0 Å². The Morgan fingerprint density at radius 3 is 2.37 bits per heavy atom. The summed E-state index contributed by atoms with van der Waals surface area (Å²) < 4.78 is 0. The van der Waals surface area contributed by atoms with Crippen LogP contribution in [0.2, 0.25) is 0 Å². The van der Waals surface area contributed by atoms with Gasteiger partial charge in [0, 0.05) is 5.69 Å². The smallest absolute Gasteiger partial charge is 0.242 e. The molecule has 3 aromatic rings. The van der Waals surface area contributed by atoms with Gasteiger partial charge in [-0.2, -0.15) is 0 Å². The summed E-state index contributed by atoms with van der Waals surface area (Å²) in [6, 6.07) is 15.6. The maximum Gasteiger partial charge on any atom is 0.242 e. The molecule has 7 heteroatoms. The molecule has 7 nitrogen and oxygen atoms in total. The van der Waals surface area contributed by atoms with Crippen molar-refractivity contribution < 1.29 is 4.79 Å². The highest BCUT2D eigenvalue weighted by molar-refractivity contribution is 5.82. The van der Waals surface area contributed by atoms with Crippen molar-refractivity contribution in [3.63, 3.8) is 0 Å². The molecule has 0 aliphatic carbocycles. The van der Waals surface area contributed by atoms with Gasteiger partial charge in [-0.3, -0.25) is 15.6 Å². The first-order chi connectivity index (χ1) is 13.0. The van der Waals surface area contributed by atoms with Crippen LogP contribution in [0.1, 0.15) is 16.7 Å². The van der Waals surface area contributed by atoms with Crippen LogP contribution in [0.25, 0.3) is 0 Å². The molecule has 0 aliphatic rings. The minimum Gasteiger partial charge on any atom is -0.393 e. The van der Waals surface area contributed by atoms with Gasteiger partial charge < -0.3 is 11.1 Å². The molecule has 0 saturated carbocycles. The number of anilines is 4. The Labute approximate surface area is 158 Å². The predicted octanol–water partition coefficient (Wildman–Crippen LogP) is 3.11. The van der Waals surface area contributed by atoms with Crippen molar-refractivity contribution in [1.29, 1.82) is 0 Å². The number of nitrogens with one attached hydrogen (secondary N) is 3. The van der Waals surface area contributed by atoms with E-state index in [9.17, 15) is 4.79 Å². The molecule has 138 valence electrons. The van der Waals surface area contributed by atoms with E-state index >= 15 is 0 Å². The molecule has 0 atom stereocenters. The summed E-state index contributed by atoms with van der Waals surface area (Å²) in [4.78, 5) is 20.4. The van der Waals surface area contributed by atoms with Gasteiger partial charge in [0.25, 0.3) is 0 Å². The first-order valence-electron chi connectivity index (χ1n) is 8.56. The third kappa shape index (κ3) is 4.94. The van der Waals surface area contributed by atoms with Crippen molar-refractivity contribution in [2.75, 3.05) is 16.5 Å². The first-order valence-corrected chi connectivity index (χ1v) is 8.56. The van der Waals surface area contributed by atoms with Gasteiger partial charge in [-0.25, -0.2) is 9.97 Å². The second-order valence-electron chi connectivity index (χ2n) is 6.32. The van der Waals surface area contributed by atoms with Gasteiger partial charge in [0.05, 0.1) is 6.42 Å². The molecule has 0 unspecified atom stereocenters. The van der Waals surface area contributed by atoms with E-state index in [1.165, 1.54) is 6.33 Å². The molecule has 1 amide bonds. The summed E-state index contributed by atoms with van der Waals surface area (Å²) >= 11 is 0. The number of aromatic nitrogens is 2. The highest BCUT2D eigenvalue weighted by Gasteiger charge is 2.10. The number of benzene rings is 2. The molecule has 0 fully saturated rings. The van der Waals surface area contributed by atoms with Crippen molar-refractivity contribution in [3.8, 4) is 0 Å². The Bertz CT molecular complexity index is 922. The maximum atomic E-state index is 12.1. The van der Waals surface area contributed by atoms with Crippen molar-refractivity contribution in [1.82, 2.24) is 15.4 Å². The van der Waals surface area contributed by atoms with Crippen molar-refractivity contribution in [2.45, 2.75) is 20.3 Å². The third-order valence-corrected chi connectivity index (χ3v) is 3.90. The molecule has 2 aromatic carbocycles. The maximum absolute atomic E-state index is 12.1. The van der Waals surface area contributed by atoms with E-state index < -0.39 is 0 Å². The number of nitrogens with zero attached hydrogens (tertiary/aromatic N) is 2. The van der Waals surface area contributed by atoms with Crippen molar-refractivity contribution in [3.05, 3.63) is 71.5 Å². The number of rotatable bonds is 6. The van der Waals surface area contributed by atoms with E-state index in [2.05, 4.69) is 32.2 Å². The number of carbonyl (C=O) groups is 1. The monoisotopic (exact) mass is 362 g/mol. The van der Waals surface area contributed by atoms with E-state index in [-0.39, 0.29) is 12.3 Å². The summed E-state index contributed by atoms with van der Waals surface area (Å²) in [6.07, 6.45) is 1.64. The minimum atomic E-state index is -0.192. The molecule has 0 aliphatic heterocycles. The summed E-state index contributed by atoms with van der Waals surface area (Å²) in [7, 11) is 0. The standard InChI is InChI=1S/C20H22N6O/c1-13-8-14(2)10-16(9-13)24-19-18(21)20(23-12-22-19)26-25-17(27)11-15-6-4-3-5-7-15/h3-10,12H,11,21H2,1-2H3,(H,25,27)(H2,22,23,24,26). The third-order valence-electron chi connectivity index (χ3n) is 3.90. The number of nitrogen functional groups attached to an aromatic ring is 1. The molecule has 0 bridgehead atoms. The lowest BCUT2D eigenvalue weighted by Gasteiger charge is -2.14. The SMILES string of the molecule is Cc1cc(C)cc(Nc2ncnc(NNC(=O)Cc3ccccc3)c2N)c1. The quantitative estimate of drug-likeness (QED) is 0.502.